The van der Waals surface area contributed by atoms with Crippen molar-refractivity contribution in [2.75, 3.05) is 5.32 Å². The molecular weight excluding hydrogens is 405 g/mol. The number of halogens is 3. The zero-order valence-electron chi connectivity index (χ0n) is 17.5. The van der Waals surface area contributed by atoms with E-state index < -0.39 is 17.8 Å². The maximum atomic E-state index is 13.1. The molecule has 31 heavy (non-hydrogen) atoms. The minimum absolute atomic E-state index is 0.0892. The molecule has 1 atom stereocenters. The molecule has 162 valence electrons. The first-order valence-electron chi connectivity index (χ1n) is 10.2. The Hall–Kier alpha value is -3.16. The van der Waals surface area contributed by atoms with Gasteiger partial charge in [0.05, 0.1) is 22.8 Å². The van der Waals surface area contributed by atoms with E-state index in [1.165, 1.54) is 6.07 Å². The minimum atomic E-state index is -4.41. The Morgan fingerprint density at radius 1 is 1.19 bits per heavy atom. The zero-order valence-corrected chi connectivity index (χ0v) is 17.5. The van der Waals surface area contributed by atoms with E-state index in [1.807, 2.05) is 6.07 Å². The molecular formula is C23H23F3N4O. The van der Waals surface area contributed by atoms with E-state index >= 15 is 0 Å². The summed E-state index contributed by atoms with van der Waals surface area (Å²) in [5.41, 5.74) is 2.61. The van der Waals surface area contributed by atoms with E-state index in [1.54, 1.807) is 31.5 Å². The average molecular weight is 428 g/mol. The molecule has 0 fully saturated rings. The molecule has 0 radical (unpaired) electrons. The minimum Gasteiger partial charge on any atom is -0.361 e. The van der Waals surface area contributed by atoms with Crippen LogP contribution >= 0.6 is 0 Å². The molecule has 0 spiro atoms. The van der Waals surface area contributed by atoms with Crippen molar-refractivity contribution in [3.63, 3.8) is 0 Å². The lowest BCUT2D eigenvalue weighted by Gasteiger charge is -2.19. The number of hydrogen-bond acceptors (Lipinski definition) is 4. The van der Waals surface area contributed by atoms with Gasteiger partial charge in [-0.25, -0.2) is 0 Å². The predicted molar refractivity (Wildman–Crippen MR) is 115 cm³/mol. The van der Waals surface area contributed by atoms with Crippen LogP contribution in [0, 0.1) is 6.92 Å². The van der Waals surface area contributed by atoms with E-state index in [4.69, 9.17) is 0 Å². The lowest BCUT2D eigenvalue weighted by atomic mass is 10.0. The number of allylic oxidation sites excluding steroid dienone is 2. The Labute approximate surface area is 177 Å². The smallest absolute Gasteiger partial charge is 0.361 e. The number of rotatable bonds is 4. The van der Waals surface area contributed by atoms with Crippen molar-refractivity contribution in [2.45, 2.75) is 45.3 Å². The van der Waals surface area contributed by atoms with Crippen molar-refractivity contribution in [1.82, 2.24) is 14.8 Å². The Morgan fingerprint density at radius 2 is 1.97 bits per heavy atom. The second kappa shape index (κ2) is 7.83. The zero-order chi connectivity index (χ0) is 22.3. The SMILES string of the molecule is Cc1nnc(N[C@H](C)c2cccc(C(F)(F)F)c2)c2cc(C3=CCCC3)c(=O)n(C)c12. The Bertz CT molecular complexity index is 1240. The van der Waals surface area contributed by atoms with Crippen molar-refractivity contribution >= 4 is 22.3 Å². The average Bonchev–Trinajstić information content (AvgIpc) is 3.26. The van der Waals surface area contributed by atoms with Crippen LogP contribution in [0.25, 0.3) is 16.5 Å². The van der Waals surface area contributed by atoms with Crippen molar-refractivity contribution in [3.05, 3.63) is 69.1 Å². The summed E-state index contributed by atoms with van der Waals surface area (Å²) in [6.07, 6.45) is 0.488. The summed E-state index contributed by atoms with van der Waals surface area (Å²) in [5.74, 6) is 0.431. The molecule has 1 aromatic carbocycles. The van der Waals surface area contributed by atoms with E-state index in [9.17, 15) is 18.0 Å². The molecule has 1 aliphatic rings. The van der Waals surface area contributed by atoms with Crippen LogP contribution in [-0.4, -0.2) is 14.8 Å². The normalized spacial score (nSPS) is 15.2. The van der Waals surface area contributed by atoms with E-state index in [0.717, 1.165) is 42.4 Å². The monoisotopic (exact) mass is 428 g/mol. The molecule has 0 amide bonds. The number of pyridine rings is 1. The Kier molecular flexibility index (Phi) is 5.33. The van der Waals surface area contributed by atoms with Crippen molar-refractivity contribution < 1.29 is 13.2 Å². The summed E-state index contributed by atoms with van der Waals surface area (Å²) in [5, 5.41) is 12.4. The summed E-state index contributed by atoms with van der Waals surface area (Å²) >= 11 is 0. The third-order valence-corrected chi connectivity index (χ3v) is 5.77. The summed E-state index contributed by atoms with van der Waals surface area (Å²) in [7, 11) is 1.71. The topological polar surface area (TPSA) is 59.8 Å². The van der Waals surface area contributed by atoms with Gasteiger partial charge in [0.2, 0.25) is 0 Å². The predicted octanol–water partition coefficient (Wildman–Crippen LogP) is 5.40. The molecule has 0 saturated heterocycles. The van der Waals surface area contributed by atoms with Gasteiger partial charge >= 0.3 is 6.18 Å². The van der Waals surface area contributed by atoms with Crippen LogP contribution < -0.4 is 10.9 Å². The van der Waals surface area contributed by atoms with Gasteiger partial charge in [-0.15, -0.1) is 5.10 Å². The van der Waals surface area contributed by atoms with Crippen molar-refractivity contribution in [2.24, 2.45) is 7.05 Å². The summed E-state index contributed by atoms with van der Waals surface area (Å²) < 4.78 is 40.9. The van der Waals surface area contributed by atoms with Gasteiger partial charge in [0.15, 0.2) is 5.82 Å². The number of hydrogen-bond donors (Lipinski definition) is 1. The quantitative estimate of drug-likeness (QED) is 0.605. The molecule has 1 N–H and O–H groups in total. The molecule has 5 nitrogen and oxygen atoms in total. The highest BCUT2D eigenvalue weighted by Gasteiger charge is 2.30. The molecule has 2 aromatic heterocycles. The molecule has 0 saturated carbocycles. The van der Waals surface area contributed by atoms with E-state index in [0.29, 0.717) is 28.2 Å². The number of aryl methyl sites for hydroxylation is 2. The number of nitrogens with zero attached hydrogens (tertiary/aromatic N) is 3. The van der Waals surface area contributed by atoms with Crippen molar-refractivity contribution in [3.8, 4) is 0 Å². The molecule has 0 unspecified atom stereocenters. The van der Waals surface area contributed by atoms with Gasteiger partial charge in [0.25, 0.3) is 5.56 Å². The highest BCUT2D eigenvalue weighted by molar-refractivity contribution is 5.93. The van der Waals surface area contributed by atoms with Gasteiger partial charge in [0, 0.05) is 18.0 Å². The molecule has 1 aliphatic carbocycles. The van der Waals surface area contributed by atoms with Crippen LogP contribution in [0.2, 0.25) is 0 Å². The van der Waals surface area contributed by atoms with Crippen LogP contribution in [0.1, 0.15) is 54.6 Å². The number of nitrogens with one attached hydrogen (secondary N) is 1. The first-order chi connectivity index (χ1) is 14.7. The first kappa shape index (κ1) is 21.1. The van der Waals surface area contributed by atoms with Gasteiger partial charge in [0.1, 0.15) is 0 Å². The molecule has 3 aromatic rings. The van der Waals surface area contributed by atoms with Crippen LogP contribution in [0.4, 0.5) is 19.0 Å². The van der Waals surface area contributed by atoms with E-state index in [-0.39, 0.29) is 5.56 Å². The fourth-order valence-corrected chi connectivity index (χ4v) is 4.11. The molecule has 0 bridgehead atoms. The number of anilines is 1. The van der Waals surface area contributed by atoms with Gasteiger partial charge in [-0.1, -0.05) is 18.2 Å². The van der Waals surface area contributed by atoms with E-state index in [2.05, 4.69) is 21.6 Å². The second-order valence-corrected chi connectivity index (χ2v) is 7.93. The molecule has 2 heterocycles. The summed E-state index contributed by atoms with van der Waals surface area (Å²) in [6, 6.07) is 6.59. The van der Waals surface area contributed by atoms with Crippen LogP contribution in [0.3, 0.4) is 0 Å². The second-order valence-electron chi connectivity index (χ2n) is 7.93. The highest BCUT2D eigenvalue weighted by Crippen LogP contribution is 2.33. The van der Waals surface area contributed by atoms with Crippen LogP contribution in [-0.2, 0) is 13.2 Å². The maximum absolute atomic E-state index is 13.1. The maximum Gasteiger partial charge on any atom is 0.416 e. The van der Waals surface area contributed by atoms with Gasteiger partial charge in [-0.2, -0.15) is 18.3 Å². The largest absolute Gasteiger partial charge is 0.416 e. The molecule has 8 heteroatoms. The van der Waals surface area contributed by atoms with Crippen LogP contribution in [0.5, 0.6) is 0 Å². The lowest BCUT2D eigenvalue weighted by molar-refractivity contribution is -0.137. The number of aromatic nitrogens is 3. The lowest BCUT2D eigenvalue weighted by Crippen LogP contribution is -2.22. The standard InChI is InChI=1S/C23H23F3N4O/c1-13(16-9-6-10-17(11-16)23(24,25)26)27-21-19-12-18(15-7-4-5-8-15)22(31)30(3)20(19)14(2)28-29-21/h6-7,9-13H,4-5,8H2,1-3H3,(H,27,29)/t13-/m1/s1. The number of alkyl halides is 3. The third kappa shape index (κ3) is 3.94. The van der Waals surface area contributed by atoms with Gasteiger partial charge in [-0.3, -0.25) is 4.79 Å². The number of fused-ring (bicyclic) bond motifs is 1. The highest BCUT2D eigenvalue weighted by atomic mass is 19.4. The first-order valence-corrected chi connectivity index (χ1v) is 10.2. The summed E-state index contributed by atoms with van der Waals surface area (Å²) in [6.45, 7) is 3.55. The fraction of sp³-hybridized carbons (Fsp3) is 0.348. The summed E-state index contributed by atoms with van der Waals surface area (Å²) in [4.78, 5) is 13.0. The molecule has 4 rings (SSSR count). The molecule has 0 aliphatic heterocycles. The third-order valence-electron chi connectivity index (χ3n) is 5.77. The fourth-order valence-electron chi connectivity index (χ4n) is 4.11. The van der Waals surface area contributed by atoms with Crippen molar-refractivity contribution in [1.29, 1.82) is 0 Å². The number of benzene rings is 1. The van der Waals surface area contributed by atoms with Gasteiger partial charge < -0.3 is 9.88 Å². The Morgan fingerprint density at radius 3 is 2.65 bits per heavy atom. The van der Waals surface area contributed by atoms with Gasteiger partial charge in [-0.05, 0) is 62.4 Å². The Balaban J connectivity index is 1.79. The van der Waals surface area contributed by atoms with Crippen LogP contribution in [0.15, 0.2) is 41.2 Å².